The zero-order valence-corrected chi connectivity index (χ0v) is 10.3. The van der Waals surface area contributed by atoms with Gasteiger partial charge in [-0.05, 0) is 26.7 Å². The lowest BCUT2D eigenvalue weighted by Crippen LogP contribution is -2.49. The summed E-state index contributed by atoms with van der Waals surface area (Å²) in [7, 11) is -3.53. The van der Waals surface area contributed by atoms with Gasteiger partial charge in [0.2, 0.25) is 0 Å². The second-order valence-corrected chi connectivity index (χ2v) is 6.02. The number of rotatable bonds is 4. The van der Waals surface area contributed by atoms with Crippen LogP contribution in [0.4, 0.5) is 0 Å². The van der Waals surface area contributed by atoms with Gasteiger partial charge in [0.05, 0.1) is 5.92 Å². The van der Waals surface area contributed by atoms with Crippen molar-refractivity contribution in [1.82, 2.24) is 9.03 Å². The van der Waals surface area contributed by atoms with Gasteiger partial charge in [-0.2, -0.15) is 17.4 Å². The van der Waals surface area contributed by atoms with Crippen molar-refractivity contribution < 1.29 is 18.3 Å². The van der Waals surface area contributed by atoms with Crippen molar-refractivity contribution in [3.63, 3.8) is 0 Å². The molecular weight excluding hydrogens is 232 g/mol. The van der Waals surface area contributed by atoms with Gasteiger partial charge in [0.1, 0.15) is 0 Å². The minimum atomic E-state index is -3.53. The third-order valence-corrected chi connectivity index (χ3v) is 4.24. The lowest BCUT2D eigenvalue weighted by molar-refractivity contribution is -0.142. The predicted molar refractivity (Wildman–Crippen MR) is 59.1 cm³/mol. The SMILES string of the molecule is CC(C)NS(=O)(=O)N1CCCC(C(=O)O)C1. The lowest BCUT2D eigenvalue weighted by atomic mass is 10.0. The summed E-state index contributed by atoms with van der Waals surface area (Å²) in [6.45, 7) is 3.93. The summed E-state index contributed by atoms with van der Waals surface area (Å²) in [6.07, 6.45) is 1.14. The third-order valence-electron chi connectivity index (χ3n) is 2.46. The molecular formula is C9H18N2O4S. The largest absolute Gasteiger partial charge is 0.481 e. The van der Waals surface area contributed by atoms with Gasteiger partial charge in [-0.25, -0.2) is 0 Å². The van der Waals surface area contributed by atoms with Crippen molar-refractivity contribution in [1.29, 1.82) is 0 Å². The van der Waals surface area contributed by atoms with E-state index in [9.17, 15) is 13.2 Å². The quantitative estimate of drug-likeness (QED) is 0.736. The van der Waals surface area contributed by atoms with E-state index in [1.807, 2.05) is 0 Å². The van der Waals surface area contributed by atoms with Crippen LogP contribution in [0.1, 0.15) is 26.7 Å². The first-order valence-corrected chi connectivity index (χ1v) is 6.77. The average Bonchev–Trinajstić information content (AvgIpc) is 2.16. The van der Waals surface area contributed by atoms with Crippen LogP contribution in [-0.4, -0.2) is 42.9 Å². The Morgan fingerprint density at radius 1 is 1.50 bits per heavy atom. The first-order valence-electron chi connectivity index (χ1n) is 5.33. The number of carboxylic acid groups (broad SMARTS) is 1. The summed E-state index contributed by atoms with van der Waals surface area (Å²) in [5, 5.41) is 8.86. The molecule has 1 atom stereocenters. The molecule has 0 aromatic heterocycles. The average molecular weight is 250 g/mol. The monoisotopic (exact) mass is 250 g/mol. The lowest BCUT2D eigenvalue weighted by Gasteiger charge is -2.30. The minimum absolute atomic E-state index is 0.0669. The Labute approximate surface area is 95.8 Å². The number of hydrogen-bond donors (Lipinski definition) is 2. The summed E-state index contributed by atoms with van der Waals surface area (Å²) < 4.78 is 27.2. The standard InChI is InChI=1S/C9H18N2O4S/c1-7(2)10-16(14,15)11-5-3-4-8(6-11)9(12)13/h7-8,10H,3-6H2,1-2H3,(H,12,13). The second-order valence-electron chi connectivity index (χ2n) is 4.31. The van der Waals surface area contributed by atoms with E-state index < -0.39 is 22.1 Å². The van der Waals surface area contributed by atoms with Crippen LogP contribution < -0.4 is 4.72 Å². The molecule has 1 saturated heterocycles. The highest BCUT2D eigenvalue weighted by atomic mass is 32.2. The Kier molecular flexibility index (Phi) is 4.28. The maximum atomic E-state index is 11.8. The molecule has 94 valence electrons. The van der Waals surface area contributed by atoms with Crippen LogP contribution in [0.5, 0.6) is 0 Å². The zero-order chi connectivity index (χ0) is 12.3. The van der Waals surface area contributed by atoms with Crippen LogP contribution in [0.25, 0.3) is 0 Å². The molecule has 0 spiro atoms. The number of aliphatic carboxylic acids is 1. The second kappa shape index (κ2) is 5.11. The third kappa shape index (κ3) is 3.43. The predicted octanol–water partition coefficient (Wildman–Crippen LogP) is 0.0258. The molecule has 1 aliphatic heterocycles. The Bertz CT molecular complexity index is 353. The molecule has 0 radical (unpaired) electrons. The van der Waals surface area contributed by atoms with E-state index in [1.165, 1.54) is 4.31 Å². The highest BCUT2D eigenvalue weighted by molar-refractivity contribution is 7.87. The van der Waals surface area contributed by atoms with E-state index in [-0.39, 0.29) is 12.6 Å². The number of carboxylic acids is 1. The zero-order valence-electron chi connectivity index (χ0n) is 9.51. The highest BCUT2D eigenvalue weighted by Gasteiger charge is 2.32. The minimum Gasteiger partial charge on any atom is -0.481 e. The van der Waals surface area contributed by atoms with Gasteiger partial charge >= 0.3 is 5.97 Å². The summed E-state index contributed by atoms with van der Waals surface area (Å²) in [6, 6.07) is -0.185. The first-order chi connectivity index (χ1) is 7.33. The molecule has 0 bridgehead atoms. The van der Waals surface area contributed by atoms with Gasteiger partial charge < -0.3 is 5.11 Å². The summed E-state index contributed by atoms with van der Waals surface area (Å²) >= 11 is 0. The van der Waals surface area contributed by atoms with E-state index in [2.05, 4.69) is 4.72 Å². The van der Waals surface area contributed by atoms with E-state index in [4.69, 9.17) is 5.11 Å². The van der Waals surface area contributed by atoms with Crippen LogP contribution >= 0.6 is 0 Å². The fourth-order valence-corrected chi connectivity index (χ4v) is 3.23. The normalized spacial score (nSPS) is 23.6. The van der Waals surface area contributed by atoms with Gasteiger partial charge in [0, 0.05) is 19.1 Å². The van der Waals surface area contributed by atoms with Crippen molar-refractivity contribution in [2.45, 2.75) is 32.7 Å². The molecule has 7 heteroatoms. The van der Waals surface area contributed by atoms with Crippen molar-refractivity contribution in [2.24, 2.45) is 5.92 Å². The first kappa shape index (κ1) is 13.4. The van der Waals surface area contributed by atoms with Gasteiger partial charge in [0.25, 0.3) is 10.2 Å². The highest BCUT2D eigenvalue weighted by Crippen LogP contribution is 2.18. The Hall–Kier alpha value is -0.660. The number of hydrogen-bond acceptors (Lipinski definition) is 3. The van der Waals surface area contributed by atoms with E-state index in [0.717, 1.165) is 0 Å². The summed E-state index contributed by atoms with van der Waals surface area (Å²) in [4.78, 5) is 10.8. The molecule has 0 saturated carbocycles. The molecule has 6 nitrogen and oxygen atoms in total. The maximum absolute atomic E-state index is 11.8. The van der Waals surface area contributed by atoms with Crippen LogP contribution in [0, 0.1) is 5.92 Å². The number of nitrogens with one attached hydrogen (secondary N) is 1. The molecule has 0 aliphatic carbocycles. The van der Waals surface area contributed by atoms with E-state index >= 15 is 0 Å². The summed E-state index contributed by atoms with van der Waals surface area (Å²) in [5.74, 6) is -1.51. The molecule has 1 heterocycles. The van der Waals surface area contributed by atoms with Crippen molar-refractivity contribution in [3.05, 3.63) is 0 Å². The Morgan fingerprint density at radius 2 is 2.12 bits per heavy atom. The van der Waals surface area contributed by atoms with Crippen molar-refractivity contribution in [3.8, 4) is 0 Å². The van der Waals surface area contributed by atoms with Crippen molar-refractivity contribution >= 4 is 16.2 Å². The molecule has 16 heavy (non-hydrogen) atoms. The van der Waals surface area contributed by atoms with Crippen molar-refractivity contribution in [2.75, 3.05) is 13.1 Å². The molecule has 0 aromatic carbocycles. The summed E-state index contributed by atoms with van der Waals surface area (Å²) in [5.41, 5.74) is 0. The number of piperidine rings is 1. The number of nitrogens with zero attached hydrogens (tertiary/aromatic N) is 1. The van der Waals surface area contributed by atoms with Crippen LogP contribution in [-0.2, 0) is 15.0 Å². The maximum Gasteiger partial charge on any atom is 0.307 e. The van der Waals surface area contributed by atoms with Crippen LogP contribution in [0.15, 0.2) is 0 Å². The van der Waals surface area contributed by atoms with Gasteiger partial charge in [-0.1, -0.05) is 0 Å². The Balaban J connectivity index is 2.70. The van der Waals surface area contributed by atoms with Crippen LogP contribution in [0.2, 0.25) is 0 Å². The topological polar surface area (TPSA) is 86.7 Å². The smallest absolute Gasteiger partial charge is 0.307 e. The molecule has 1 unspecified atom stereocenters. The molecule has 1 rings (SSSR count). The van der Waals surface area contributed by atoms with Gasteiger partial charge in [-0.3, -0.25) is 4.79 Å². The molecule has 1 fully saturated rings. The molecule has 2 N–H and O–H groups in total. The van der Waals surface area contributed by atoms with E-state index in [0.29, 0.717) is 19.4 Å². The van der Waals surface area contributed by atoms with Gasteiger partial charge in [0.15, 0.2) is 0 Å². The van der Waals surface area contributed by atoms with E-state index in [1.54, 1.807) is 13.8 Å². The fourth-order valence-electron chi connectivity index (χ4n) is 1.73. The molecule has 0 amide bonds. The molecule has 0 aromatic rings. The van der Waals surface area contributed by atoms with Gasteiger partial charge in [-0.15, -0.1) is 0 Å². The fraction of sp³-hybridized carbons (Fsp3) is 0.889. The molecule has 1 aliphatic rings. The number of carbonyl (C=O) groups is 1. The van der Waals surface area contributed by atoms with Crippen LogP contribution in [0.3, 0.4) is 0 Å². The Morgan fingerprint density at radius 3 is 2.62 bits per heavy atom.